The highest BCUT2D eigenvalue weighted by Crippen LogP contribution is 2.19. The molecule has 0 aliphatic heterocycles. The van der Waals surface area contributed by atoms with Gasteiger partial charge in [-0.2, -0.15) is 0 Å². The van der Waals surface area contributed by atoms with Crippen LogP contribution in [0.25, 0.3) is 10.9 Å². The highest BCUT2D eigenvalue weighted by molar-refractivity contribution is 7.99. The maximum atomic E-state index is 13.4. The molecular weight excluding hydrogens is 389 g/mol. The van der Waals surface area contributed by atoms with Crippen molar-refractivity contribution in [1.82, 2.24) is 14.5 Å². The third kappa shape index (κ3) is 5.10. The lowest BCUT2D eigenvalue weighted by Gasteiger charge is -2.20. The second kappa shape index (κ2) is 9.80. The maximum absolute atomic E-state index is 13.4. The molecule has 0 radical (unpaired) electrons. The number of halogens is 1. The van der Waals surface area contributed by atoms with Crippen molar-refractivity contribution in [2.75, 3.05) is 25.4 Å². The first-order valence-corrected chi connectivity index (χ1v) is 10.7. The van der Waals surface area contributed by atoms with E-state index in [1.165, 1.54) is 30.0 Å². The van der Waals surface area contributed by atoms with E-state index >= 15 is 0 Å². The second-order valence-electron chi connectivity index (χ2n) is 6.62. The lowest BCUT2D eigenvalue weighted by Crippen LogP contribution is -2.32. The molecule has 0 amide bonds. The van der Waals surface area contributed by atoms with Gasteiger partial charge in [-0.25, -0.2) is 9.37 Å². The molecule has 7 heteroatoms. The number of carbonyl (C=O) groups excluding carboxylic acids is 1. The Morgan fingerprint density at radius 3 is 2.62 bits per heavy atom. The Balaban J connectivity index is 1.89. The topological polar surface area (TPSA) is 55.2 Å². The monoisotopic (exact) mass is 413 g/mol. The SMILES string of the molecule is CCN(CC)CCn1c(SCC(=O)c2cccc(F)c2)nc2ccccc2c1=O. The molecule has 0 spiro atoms. The van der Waals surface area contributed by atoms with Crippen molar-refractivity contribution >= 4 is 28.4 Å². The number of hydrogen-bond acceptors (Lipinski definition) is 5. The molecule has 29 heavy (non-hydrogen) atoms. The predicted molar refractivity (Wildman–Crippen MR) is 115 cm³/mol. The van der Waals surface area contributed by atoms with Crippen LogP contribution in [0.3, 0.4) is 0 Å². The van der Waals surface area contributed by atoms with E-state index in [1.54, 1.807) is 22.8 Å². The predicted octanol–water partition coefficient (Wildman–Crippen LogP) is 3.85. The zero-order valence-electron chi connectivity index (χ0n) is 16.6. The van der Waals surface area contributed by atoms with E-state index in [9.17, 15) is 14.0 Å². The standard InChI is InChI=1S/C22H24FN3O2S/c1-3-25(4-2)12-13-26-21(28)18-10-5-6-11-19(18)24-22(26)29-15-20(27)16-8-7-9-17(23)14-16/h5-11,14H,3-4,12-13,15H2,1-2H3. The van der Waals surface area contributed by atoms with Gasteiger partial charge in [-0.05, 0) is 37.4 Å². The van der Waals surface area contributed by atoms with E-state index in [-0.39, 0.29) is 17.1 Å². The average Bonchev–Trinajstić information content (AvgIpc) is 2.74. The maximum Gasteiger partial charge on any atom is 0.262 e. The van der Waals surface area contributed by atoms with Crippen LogP contribution >= 0.6 is 11.8 Å². The Morgan fingerprint density at radius 2 is 1.90 bits per heavy atom. The lowest BCUT2D eigenvalue weighted by molar-refractivity contribution is 0.102. The summed E-state index contributed by atoms with van der Waals surface area (Å²) < 4.78 is 15.0. The van der Waals surface area contributed by atoms with Crippen LogP contribution in [0.1, 0.15) is 24.2 Å². The molecule has 152 valence electrons. The van der Waals surface area contributed by atoms with Gasteiger partial charge in [0.15, 0.2) is 10.9 Å². The van der Waals surface area contributed by atoms with E-state index in [4.69, 9.17) is 0 Å². The van der Waals surface area contributed by atoms with E-state index in [2.05, 4.69) is 23.7 Å². The summed E-state index contributed by atoms with van der Waals surface area (Å²) in [5.41, 5.74) is 0.816. The van der Waals surface area contributed by atoms with E-state index < -0.39 is 5.82 Å². The van der Waals surface area contributed by atoms with Crippen molar-refractivity contribution in [3.63, 3.8) is 0 Å². The highest BCUT2D eigenvalue weighted by Gasteiger charge is 2.15. The quantitative estimate of drug-likeness (QED) is 0.303. The average molecular weight is 414 g/mol. The van der Waals surface area contributed by atoms with Crippen LogP contribution in [0, 0.1) is 5.82 Å². The fourth-order valence-electron chi connectivity index (χ4n) is 3.11. The Morgan fingerprint density at radius 1 is 1.14 bits per heavy atom. The molecule has 3 aromatic rings. The number of rotatable bonds is 9. The summed E-state index contributed by atoms with van der Waals surface area (Å²) in [5.74, 6) is -0.563. The first-order valence-electron chi connectivity index (χ1n) is 9.67. The molecule has 0 fully saturated rings. The Kier molecular flexibility index (Phi) is 7.17. The number of fused-ring (bicyclic) bond motifs is 1. The first-order chi connectivity index (χ1) is 14.0. The van der Waals surface area contributed by atoms with Gasteiger partial charge in [0.1, 0.15) is 5.82 Å². The summed E-state index contributed by atoms with van der Waals surface area (Å²) in [6.45, 7) is 7.17. The number of thioether (sulfide) groups is 1. The summed E-state index contributed by atoms with van der Waals surface area (Å²) >= 11 is 1.21. The van der Waals surface area contributed by atoms with Crippen LogP contribution in [0.2, 0.25) is 0 Å². The molecule has 0 bridgehead atoms. The largest absolute Gasteiger partial charge is 0.302 e. The molecule has 3 rings (SSSR count). The number of carbonyl (C=O) groups is 1. The fraction of sp³-hybridized carbons (Fsp3) is 0.318. The zero-order valence-corrected chi connectivity index (χ0v) is 17.4. The third-order valence-electron chi connectivity index (χ3n) is 4.84. The van der Waals surface area contributed by atoms with Gasteiger partial charge in [0.2, 0.25) is 0 Å². The van der Waals surface area contributed by atoms with Crippen LogP contribution in [0.4, 0.5) is 4.39 Å². The molecule has 0 saturated heterocycles. The van der Waals surface area contributed by atoms with Crippen molar-refractivity contribution in [3.8, 4) is 0 Å². The van der Waals surface area contributed by atoms with Crippen LogP contribution < -0.4 is 5.56 Å². The van der Waals surface area contributed by atoms with Crippen molar-refractivity contribution in [2.45, 2.75) is 25.5 Å². The highest BCUT2D eigenvalue weighted by atomic mass is 32.2. The van der Waals surface area contributed by atoms with E-state index in [0.717, 1.165) is 19.6 Å². The van der Waals surface area contributed by atoms with Gasteiger partial charge >= 0.3 is 0 Å². The van der Waals surface area contributed by atoms with E-state index in [1.807, 2.05) is 12.1 Å². The van der Waals surface area contributed by atoms with Gasteiger partial charge in [0, 0.05) is 18.7 Å². The second-order valence-corrected chi connectivity index (χ2v) is 7.56. The van der Waals surface area contributed by atoms with E-state index in [0.29, 0.717) is 28.2 Å². The Labute approximate surface area is 173 Å². The van der Waals surface area contributed by atoms with Gasteiger partial charge in [-0.15, -0.1) is 0 Å². The summed E-state index contributed by atoms with van der Waals surface area (Å²) in [7, 11) is 0. The van der Waals surface area contributed by atoms with Crippen molar-refractivity contribution in [3.05, 3.63) is 70.3 Å². The van der Waals surface area contributed by atoms with Crippen molar-refractivity contribution < 1.29 is 9.18 Å². The zero-order chi connectivity index (χ0) is 20.8. The van der Waals surface area contributed by atoms with Gasteiger partial charge in [0.05, 0.1) is 16.7 Å². The van der Waals surface area contributed by atoms with Crippen molar-refractivity contribution in [2.24, 2.45) is 0 Å². The Hall–Kier alpha value is -2.51. The number of para-hydroxylation sites is 1. The number of nitrogens with zero attached hydrogens (tertiary/aromatic N) is 3. The van der Waals surface area contributed by atoms with Gasteiger partial charge in [-0.3, -0.25) is 14.2 Å². The molecular formula is C22H24FN3O2S. The molecule has 1 heterocycles. The van der Waals surface area contributed by atoms with Crippen LogP contribution in [-0.4, -0.2) is 45.6 Å². The minimum Gasteiger partial charge on any atom is -0.302 e. The molecule has 0 unspecified atom stereocenters. The molecule has 2 aromatic carbocycles. The third-order valence-corrected chi connectivity index (χ3v) is 5.82. The van der Waals surface area contributed by atoms with Crippen LogP contribution in [0.5, 0.6) is 0 Å². The lowest BCUT2D eigenvalue weighted by atomic mass is 10.1. The molecule has 0 atom stereocenters. The first kappa shape index (κ1) is 21.2. The molecule has 5 nitrogen and oxygen atoms in total. The summed E-state index contributed by atoms with van der Waals surface area (Å²) in [6.07, 6.45) is 0. The van der Waals surface area contributed by atoms with Crippen LogP contribution in [-0.2, 0) is 6.54 Å². The summed E-state index contributed by atoms with van der Waals surface area (Å²) in [5, 5.41) is 1.07. The number of likely N-dealkylation sites (N-methyl/N-ethyl adjacent to an activating group) is 1. The van der Waals surface area contributed by atoms with Crippen molar-refractivity contribution in [1.29, 1.82) is 0 Å². The smallest absolute Gasteiger partial charge is 0.262 e. The van der Waals surface area contributed by atoms with Gasteiger partial charge in [-0.1, -0.05) is 49.9 Å². The molecule has 0 aliphatic carbocycles. The number of Topliss-reactive ketones (excluding diaryl/α,β-unsaturated/α-hetero) is 1. The Bertz CT molecular complexity index is 1060. The van der Waals surface area contributed by atoms with Gasteiger partial charge in [0.25, 0.3) is 5.56 Å². The molecule has 1 aromatic heterocycles. The number of ketones is 1. The number of hydrogen-bond donors (Lipinski definition) is 0. The summed E-state index contributed by atoms with van der Waals surface area (Å²) in [4.78, 5) is 32.4. The number of benzene rings is 2. The molecule has 0 N–H and O–H groups in total. The molecule has 0 saturated carbocycles. The number of aromatic nitrogens is 2. The summed E-state index contributed by atoms with van der Waals surface area (Å²) in [6, 6.07) is 12.9. The van der Waals surface area contributed by atoms with Crippen LogP contribution in [0.15, 0.2) is 58.5 Å². The normalized spacial score (nSPS) is 11.3. The molecule has 0 aliphatic rings. The minimum absolute atomic E-state index is 0.0828. The van der Waals surface area contributed by atoms with Gasteiger partial charge < -0.3 is 4.90 Å². The fourth-order valence-corrected chi connectivity index (χ4v) is 4.03. The minimum atomic E-state index is -0.444.